The lowest BCUT2D eigenvalue weighted by atomic mass is 9.99. The molecule has 0 heterocycles. The van der Waals surface area contributed by atoms with Crippen LogP contribution in [0.5, 0.6) is 0 Å². The van der Waals surface area contributed by atoms with Crippen molar-refractivity contribution in [3.05, 3.63) is 66.2 Å². The van der Waals surface area contributed by atoms with Crippen molar-refractivity contribution >= 4 is 12.4 Å². The van der Waals surface area contributed by atoms with Gasteiger partial charge >= 0.3 is 0 Å². The Morgan fingerprint density at radius 3 is 2.56 bits per heavy atom. The Hall–Kier alpha value is -2.15. The number of carbonyl (C=O) groups is 1. The molecule has 0 saturated carbocycles. The smallest absolute Gasteiger partial charge is 0.150 e. The summed E-state index contributed by atoms with van der Waals surface area (Å²) in [6, 6.07) is 15.5. The highest BCUT2D eigenvalue weighted by Gasteiger charge is 2.03. The molecule has 0 aliphatic rings. The quantitative estimate of drug-likeness (QED) is 0.701. The van der Waals surface area contributed by atoms with Gasteiger partial charge in [0.1, 0.15) is 0 Å². The largest absolute Gasteiger partial charge is 0.298 e. The van der Waals surface area contributed by atoms with Crippen molar-refractivity contribution in [3.8, 4) is 11.1 Å². The maximum atomic E-state index is 10.9. The molecule has 16 heavy (non-hydrogen) atoms. The van der Waals surface area contributed by atoms with Gasteiger partial charge in [0, 0.05) is 5.56 Å². The highest BCUT2D eigenvalue weighted by atomic mass is 16.1. The predicted molar refractivity (Wildman–Crippen MR) is 67.4 cm³/mol. The Morgan fingerprint density at radius 2 is 1.81 bits per heavy atom. The first kappa shape index (κ1) is 10.4. The second-order valence-electron chi connectivity index (χ2n) is 3.53. The van der Waals surface area contributed by atoms with E-state index in [1.165, 1.54) is 0 Å². The molecule has 0 amide bonds. The summed E-state index contributed by atoms with van der Waals surface area (Å²) in [4.78, 5) is 10.9. The summed E-state index contributed by atoms with van der Waals surface area (Å²) in [5.41, 5.74) is 3.77. The van der Waals surface area contributed by atoms with E-state index in [2.05, 4.69) is 6.58 Å². The number of benzene rings is 2. The fourth-order valence-electron chi connectivity index (χ4n) is 1.70. The molecule has 0 fully saturated rings. The first-order valence-corrected chi connectivity index (χ1v) is 5.12. The minimum Gasteiger partial charge on any atom is -0.298 e. The van der Waals surface area contributed by atoms with Crippen LogP contribution >= 0.6 is 0 Å². The summed E-state index contributed by atoms with van der Waals surface area (Å²) in [6.07, 6.45) is 2.68. The van der Waals surface area contributed by atoms with Crippen molar-refractivity contribution in [2.75, 3.05) is 0 Å². The third-order valence-electron chi connectivity index (χ3n) is 2.52. The van der Waals surface area contributed by atoms with Crippen molar-refractivity contribution in [2.45, 2.75) is 0 Å². The van der Waals surface area contributed by atoms with Crippen molar-refractivity contribution < 1.29 is 4.79 Å². The number of carbonyl (C=O) groups excluding carboxylic acids is 1. The molecule has 0 N–H and O–H groups in total. The van der Waals surface area contributed by atoms with E-state index in [-0.39, 0.29) is 0 Å². The van der Waals surface area contributed by atoms with Gasteiger partial charge in [-0.3, -0.25) is 4.79 Å². The van der Waals surface area contributed by atoms with Crippen molar-refractivity contribution in [1.82, 2.24) is 0 Å². The molecule has 0 spiro atoms. The van der Waals surface area contributed by atoms with Crippen LogP contribution < -0.4 is 0 Å². The van der Waals surface area contributed by atoms with Gasteiger partial charge in [-0.05, 0) is 22.8 Å². The lowest BCUT2D eigenvalue weighted by Gasteiger charge is -2.05. The van der Waals surface area contributed by atoms with Crippen LogP contribution in [0.25, 0.3) is 17.2 Å². The lowest BCUT2D eigenvalue weighted by Crippen LogP contribution is -1.87. The molecule has 0 aliphatic heterocycles. The van der Waals surface area contributed by atoms with Crippen LogP contribution in [0.4, 0.5) is 0 Å². The van der Waals surface area contributed by atoms with Crippen LogP contribution in [-0.4, -0.2) is 6.29 Å². The molecule has 2 aromatic carbocycles. The zero-order valence-electron chi connectivity index (χ0n) is 8.89. The van der Waals surface area contributed by atoms with Gasteiger partial charge in [0.15, 0.2) is 6.29 Å². The Kier molecular flexibility index (Phi) is 2.97. The van der Waals surface area contributed by atoms with E-state index in [9.17, 15) is 4.79 Å². The highest BCUT2D eigenvalue weighted by molar-refractivity contribution is 5.87. The average Bonchev–Trinajstić information content (AvgIpc) is 2.38. The first-order chi connectivity index (χ1) is 7.85. The van der Waals surface area contributed by atoms with Crippen LogP contribution in [0.3, 0.4) is 0 Å². The van der Waals surface area contributed by atoms with Crippen LogP contribution in [0.15, 0.2) is 55.1 Å². The molecule has 0 radical (unpaired) electrons. The summed E-state index contributed by atoms with van der Waals surface area (Å²) in [5, 5.41) is 0. The van der Waals surface area contributed by atoms with E-state index < -0.39 is 0 Å². The third-order valence-corrected chi connectivity index (χ3v) is 2.52. The van der Waals surface area contributed by atoms with Crippen molar-refractivity contribution in [2.24, 2.45) is 0 Å². The van der Waals surface area contributed by atoms with Crippen molar-refractivity contribution in [3.63, 3.8) is 0 Å². The normalized spacial score (nSPS) is 9.75. The maximum Gasteiger partial charge on any atom is 0.150 e. The standard InChI is InChI=1S/C15H12O/c1-2-12-6-5-8-13(10-12)15-9-4-3-7-14(15)11-16/h2-11H,1H2. The Bertz CT molecular complexity index is 526. The molecule has 78 valence electrons. The minimum absolute atomic E-state index is 0.712. The fraction of sp³-hybridized carbons (Fsp3) is 0. The van der Waals surface area contributed by atoms with Gasteiger partial charge in [-0.1, -0.05) is 55.1 Å². The number of rotatable bonds is 3. The monoisotopic (exact) mass is 208 g/mol. The third kappa shape index (κ3) is 1.94. The Balaban J connectivity index is 2.57. The molecule has 0 saturated heterocycles. The van der Waals surface area contributed by atoms with Crippen LogP contribution in [0, 0.1) is 0 Å². The minimum atomic E-state index is 0.712. The summed E-state index contributed by atoms with van der Waals surface area (Å²) >= 11 is 0. The highest BCUT2D eigenvalue weighted by Crippen LogP contribution is 2.23. The van der Waals surface area contributed by atoms with Gasteiger partial charge in [-0.15, -0.1) is 0 Å². The van der Waals surface area contributed by atoms with Gasteiger partial charge < -0.3 is 0 Å². The molecule has 2 rings (SSSR count). The second kappa shape index (κ2) is 4.58. The molecular weight excluding hydrogens is 196 g/mol. The molecule has 1 heteroatoms. The van der Waals surface area contributed by atoms with Crippen molar-refractivity contribution in [1.29, 1.82) is 0 Å². The number of hydrogen-bond acceptors (Lipinski definition) is 1. The summed E-state index contributed by atoms with van der Waals surface area (Å²) in [6.45, 7) is 3.74. The van der Waals surface area contributed by atoms with E-state index >= 15 is 0 Å². The summed E-state index contributed by atoms with van der Waals surface area (Å²) in [5.74, 6) is 0. The van der Waals surface area contributed by atoms with Crippen LogP contribution in [0.1, 0.15) is 15.9 Å². The van der Waals surface area contributed by atoms with E-state index in [0.717, 1.165) is 23.0 Å². The average molecular weight is 208 g/mol. The summed E-state index contributed by atoms with van der Waals surface area (Å²) in [7, 11) is 0. The molecular formula is C15H12O. The lowest BCUT2D eigenvalue weighted by molar-refractivity contribution is 0.112. The Morgan fingerprint density at radius 1 is 1.00 bits per heavy atom. The van der Waals surface area contributed by atoms with E-state index in [1.54, 1.807) is 6.08 Å². The molecule has 0 unspecified atom stereocenters. The predicted octanol–water partition coefficient (Wildman–Crippen LogP) is 3.81. The van der Waals surface area contributed by atoms with Gasteiger partial charge in [0.2, 0.25) is 0 Å². The zero-order valence-corrected chi connectivity index (χ0v) is 8.89. The SMILES string of the molecule is C=Cc1cccc(-c2ccccc2C=O)c1. The topological polar surface area (TPSA) is 17.1 Å². The van der Waals surface area contributed by atoms with E-state index in [4.69, 9.17) is 0 Å². The van der Waals surface area contributed by atoms with Gasteiger partial charge in [0.05, 0.1) is 0 Å². The fourth-order valence-corrected chi connectivity index (χ4v) is 1.70. The van der Waals surface area contributed by atoms with Gasteiger partial charge in [0.25, 0.3) is 0 Å². The van der Waals surface area contributed by atoms with Gasteiger partial charge in [-0.25, -0.2) is 0 Å². The molecule has 2 aromatic rings. The molecule has 0 bridgehead atoms. The van der Waals surface area contributed by atoms with Crippen LogP contribution in [-0.2, 0) is 0 Å². The van der Waals surface area contributed by atoms with Crippen LogP contribution in [0.2, 0.25) is 0 Å². The van der Waals surface area contributed by atoms with E-state index in [1.807, 2.05) is 48.5 Å². The maximum absolute atomic E-state index is 10.9. The molecule has 0 atom stereocenters. The van der Waals surface area contributed by atoms with Gasteiger partial charge in [-0.2, -0.15) is 0 Å². The molecule has 0 aromatic heterocycles. The second-order valence-corrected chi connectivity index (χ2v) is 3.53. The molecule has 0 aliphatic carbocycles. The molecule has 1 nitrogen and oxygen atoms in total. The van der Waals surface area contributed by atoms with E-state index in [0.29, 0.717) is 5.56 Å². The first-order valence-electron chi connectivity index (χ1n) is 5.12. The summed E-state index contributed by atoms with van der Waals surface area (Å²) < 4.78 is 0. The number of aldehydes is 1. The number of hydrogen-bond donors (Lipinski definition) is 0. The zero-order chi connectivity index (χ0) is 11.4. The Labute approximate surface area is 95.1 Å².